The second kappa shape index (κ2) is 11.2. The molecule has 36 heavy (non-hydrogen) atoms. The Morgan fingerprint density at radius 1 is 1.06 bits per heavy atom. The number of benzene rings is 2. The van der Waals surface area contributed by atoms with Gasteiger partial charge in [0.1, 0.15) is 18.0 Å². The van der Waals surface area contributed by atoms with Crippen LogP contribution in [0.4, 0.5) is 0 Å². The van der Waals surface area contributed by atoms with Crippen molar-refractivity contribution in [2.24, 2.45) is 5.41 Å². The third-order valence-corrected chi connectivity index (χ3v) is 8.73. The zero-order valence-electron chi connectivity index (χ0n) is 22.5. The lowest BCUT2D eigenvalue weighted by Crippen LogP contribution is -2.38. The standard InChI is InChI=1S/C32H40O3S/c1-7-9-10-11-22-12-15-26(23(8-2)18-22)28-19-24-13-14-25(20-27(24)36-28)34-29-16-17-30(32(29,5)6)35-31(33)21(3)4/h12-15,18-20,29-30H,3,7-11,16-17H2,1-2,4-6H3. The summed E-state index contributed by atoms with van der Waals surface area (Å²) in [5.74, 6) is 0.560. The Bertz CT molecular complexity index is 1240. The first-order valence-corrected chi connectivity index (χ1v) is 14.2. The topological polar surface area (TPSA) is 35.5 Å². The fraction of sp³-hybridized carbons (Fsp3) is 0.469. The molecule has 1 aromatic heterocycles. The minimum absolute atomic E-state index is 0.00995. The van der Waals surface area contributed by atoms with Crippen molar-refractivity contribution in [2.45, 2.75) is 91.8 Å². The van der Waals surface area contributed by atoms with Gasteiger partial charge in [0.2, 0.25) is 0 Å². The molecule has 0 bridgehead atoms. The van der Waals surface area contributed by atoms with Gasteiger partial charge in [-0.3, -0.25) is 0 Å². The summed E-state index contributed by atoms with van der Waals surface area (Å²) >= 11 is 1.83. The SMILES string of the molecule is C=C(C)C(=O)OC1CCC(Oc2ccc3cc(-c4ccc(CCCCC)cc4CC)sc3c2)C1(C)C. The third-order valence-electron chi connectivity index (χ3n) is 7.60. The quantitative estimate of drug-likeness (QED) is 0.157. The number of unbranched alkanes of at least 4 members (excludes halogenated alkanes) is 2. The average Bonchev–Trinajstić information content (AvgIpc) is 3.39. The van der Waals surface area contributed by atoms with Gasteiger partial charge in [-0.15, -0.1) is 11.3 Å². The number of esters is 1. The van der Waals surface area contributed by atoms with Gasteiger partial charge < -0.3 is 9.47 Å². The second-order valence-electron chi connectivity index (χ2n) is 10.8. The number of ether oxygens (including phenoxy) is 2. The first kappa shape index (κ1) is 26.5. The molecule has 4 heteroatoms. The third kappa shape index (κ3) is 5.70. The molecule has 2 aromatic carbocycles. The number of rotatable bonds is 10. The van der Waals surface area contributed by atoms with E-state index in [9.17, 15) is 4.79 Å². The van der Waals surface area contributed by atoms with Gasteiger partial charge in [-0.1, -0.05) is 65.3 Å². The molecule has 0 radical (unpaired) electrons. The van der Waals surface area contributed by atoms with E-state index in [0.717, 1.165) is 25.0 Å². The monoisotopic (exact) mass is 504 g/mol. The normalized spacial score (nSPS) is 18.9. The van der Waals surface area contributed by atoms with E-state index < -0.39 is 0 Å². The van der Waals surface area contributed by atoms with Crippen molar-refractivity contribution in [3.8, 4) is 16.2 Å². The van der Waals surface area contributed by atoms with E-state index in [1.807, 2.05) is 11.3 Å². The second-order valence-corrected chi connectivity index (χ2v) is 11.9. The zero-order valence-corrected chi connectivity index (χ0v) is 23.3. The molecule has 1 aliphatic carbocycles. The predicted octanol–water partition coefficient (Wildman–Crippen LogP) is 8.92. The smallest absolute Gasteiger partial charge is 0.333 e. The maximum atomic E-state index is 12.1. The lowest BCUT2D eigenvalue weighted by Gasteiger charge is -2.32. The van der Waals surface area contributed by atoms with Gasteiger partial charge in [-0.25, -0.2) is 4.79 Å². The van der Waals surface area contributed by atoms with E-state index >= 15 is 0 Å². The first-order chi connectivity index (χ1) is 17.2. The van der Waals surface area contributed by atoms with Crippen LogP contribution >= 0.6 is 11.3 Å². The Hall–Kier alpha value is -2.59. The molecule has 0 saturated heterocycles. The predicted molar refractivity (Wildman–Crippen MR) is 152 cm³/mol. The van der Waals surface area contributed by atoms with E-state index in [2.05, 4.69) is 76.7 Å². The molecule has 2 unspecified atom stereocenters. The maximum Gasteiger partial charge on any atom is 0.333 e. The number of carbonyl (C=O) groups excluding carboxylic acids is 1. The molecule has 0 N–H and O–H groups in total. The number of aryl methyl sites for hydroxylation is 2. The van der Waals surface area contributed by atoms with Crippen LogP contribution in [0.5, 0.6) is 5.75 Å². The van der Waals surface area contributed by atoms with Crippen LogP contribution < -0.4 is 4.74 Å². The van der Waals surface area contributed by atoms with E-state index in [4.69, 9.17) is 9.47 Å². The van der Waals surface area contributed by atoms with Gasteiger partial charge in [-0.2, -0.15) is 0 Å². The molecule has 192 valence electrons. The lowest BCUT2D eigenvalue weighted by molar-refractivity contribution is -0.150. The molecule has 0 spiro atoms. The minimum atomic E-state index is -0.318. The summed E-state index contributed by atoms with van der Waals surface area (Å²) in [5.41, 5.74) is 4.39. The minimum Gasteiger partial charge on any atom is -0.490 e. The fourth-order valence-corrected chi connectivity index (χ4v) is 6.35. The van der Waals surface area contributed by atoms with Gasteiger partial charge in [-0.05, 0) is 85.4 Å². The highest BCUT2D eigenvalue weighted by molar-refractivity contribution is 7.22. The Morgan fingerprint density at radius 2 is 1.83 bits per heavy atom. The highest BCUT2D eigenvalue weighted by Crippen LogP contribution is 2.43. The molecular formula is C32H40O3S. The van der Waals surface area contributed by atoms with E-state index in [1.54, 1.807) is 6.92 Å². The summed E-state index contributed by atoms with van der Waals surface area (Å²) < 4.78 is 13.4. The van der Waals surface area contributed by atoms with Gasteiger partial charge in [0.05, 0.1) is 0 Å². The molecule has 1 heterocycles. The van der Waals surface area contributed by atoms with Crippen LogP contribution in [0.2, 0.25) is 0 Å². The summed E-state index contributed by atoms with van der Waals surface area (Å²) in [7, 11) is 0. The van der Waals surface area contributed by atoms with Crippen molar-refractivity contribution in [3.05, 3.63) is 65.7 Å². The molecule has 1 aliphatic rings. The van der Waals surface area contributed by atoms with Crippen LogP contribution in [0.3, 0.4) is 0 Å². The molecule has 1 saturated carbocycles. The summed E-state index contributed by atoms with van der Waals surface area (Å²) in [6.45, 7) is 14.2. The molecular weight excluding hydrogens is 464 g/mol. The molecule has 0 amide bonds. The summed E-state index contributed by atoms with van der Waals surface area (Å²) in [6.07, 6.45) is 7.50. The Balaban J connectivity index is 1.51. The van der Waals surface area contributed by atoms with Crippen molar-refractivity contribution < 1.29 is 14.3 Å². The van der Waals surface area contributed by atoms with Gasteiger partial charge in [0.25, 0.3) is 0 Å². The number of hydrogen-bond donors (Lipinski definition) is 0. The van der Waals surface area contributed by atoms with Gasteiger partial charge in [0.15, 0.2) is 0 Å². The molecule has 0 aliphatic heterocycles. The van der Waals surface area contributed by atoms with Gasteiger partial charge >= 0.3 is 5.97 Å². The van der Waals surface area contributed by atoms with Crippen molar-refractivity contribution in [2.75, 3.05) is 0 Å². The molecule has 3 nitrogen and oxygen atoms in total. The fourth-order valence-electron chi connectivity index (χ4n) is 5.20. The highest BCUT2D eigenvalue weighted by atomic mass is 32.1. The van der Waals surface area contributed by atoms with Crippen molar-refractivity contribution >= 4 is 27.4 Å². The maximum absolute atomic E-state index is 12.1. The number of thiophene rings is 1. The summed E-state index contributed by atoms with van der Waals surface area (Å²) in [4.78, 5) is 13.4. The Kier molecular flexibility index (Phi) is 8.24. The summed E-state index contributed by atoms with van der Waals surface area (Å²) in [5, 5.41) is 1.25. The molecule has 4 rings (SSSR count). The van der Waals surface area contributed by atoms with Crippen molar-refractivity contribution in [1.29, 1.82) is 0 Å². The van der Waals surface area contributed by atoms with Crippen LogP contribution in [0.15, 0.2) is 54.6 Å². The molecule has 3 aromatic rings. The van der Waals surface area contributed by atoms with Crippen LogP contribution in [0, 0.1) is 5.41 Å². The highest BCUT2D eigenvalue weighted by Gasteiger charge is 2.47. The van der Waals surface area contributed by atoms with Crippen molar-refractivity contribution in [1.82, 2.24) is 0 Å². The first-order valence-electron chi connectivity index (χ1n) is 13.4. The number of hydrogen-bond acceptors (Lipinski definition) is 4. The number of fused-ring (bicyclic) bond motifs is 1. The van der Waals surface area contributed by atoms with Crippen LogP contribution in [-0.2, 0) is 22.4 Å². The van der Waals surface area contributed by atoms with Crippen molar-refractivity contribution in [3.63, 3.8) is 0 Å². The molecule has 1 fully saturated rings. The van der Waals surface area contributed by atoms with Gasteiger partial charge in [0, 0.05) is 20.6 Å². The largest absolute Gasteiger partial charge is 0.490 e. The summed E-state index contributed by atoms with van der Waals surface area (Å²) in [6, 6.07) is 15.7. The average molecular weight is 505 g/mol. The Labute approximate surface area is 220 Å². The number of carbonyl (C=O) groups is 1. The molecule has 2 atom stereocenters. The van der Waals surface area contributed by atoms with Crippen LogP contribution in [-0.4, -0.2) is 18.2 Å². The van der Waals surface area contributed by atoms with Crippen LogP contribution in [0.1, 0.15) is 77.8 Å². The lowest BCUT2D eigenvalue weighted by atomic mass is 9.86. The van der Waals surface area contributed by atoms with E-state index in [-0.39, 0.29) is 23.6 Å². The van der Waals surface area contributed by atoms with E-state index in [0.29, 0.717) is 5.57 Å². The zero-order chi connectivity index (χ0) is 25.9. The Morgan fingerprint density at radius 3 is 2.56 bits per heavy atom. The van der Waals surface area contributed by atoms with Crippen LogP contribution in [0.25, 0.3) is 20.5 Å². The van der Waals surface area contributed by atoms with E-state index in [1.165, 1.54) is 57.3 Å².